The maximum Gasteiger partial charge on any atom is 0.416 e. The van der Waals surface area contributed by atoms with Crippen LogP contribution in [0.1, 0.15) is 23.6 Å². The van der Waals surface area contributed by atoms with E-state index in [0.717, 1.165) is 12.1 Å². The quantitative estimate of drug-likeness (QED) is 0.684. The summed E-state index contributed by atoms with van der Waals surface area (Å²) in [5, 5.41) is 11.7. The largest absolute Gasteiger partial charge is 0.416 e. The normalized spacial score (nSPS) is 13.6. The molecule has 0 radical (unpaired) electrons. The molecule has 4 N–H and O–H groups in total. The zero-order valence-corrected chi connectivity index (χ0v) is 9.87. The number of halogens is 3. The first-order valence-corrected chi connectivity index (χ1v) is 5.70. The summed E-state index contributed by atoms with van der Waals surface area (Å²) >= 11 is 0. The summed E-state index contributed by atoms with van der Waals surface area (Å²) in [6.07, 6.45) is -3.81. The number of alkyl halides is 3. The van der Waals surface area contributed by atoms with Gasteiger partial charge in [0.2, 0.25) is 0 Å². The van der Waals surface area contributed by atoms with Crippen LogP contribution in [0.4, 0.5) is 13.2 Å². The van der Waals surface area contributed by atoms with E-state index in [-0.39, 0.29) is 19.2 Å². The zero-order chi connectivity index (χ0) is 13.6. The molecule has 0 fully saturated rings. The van der Waals surface area contributed by atoms with Crippen LogP contribution in [0.2, 0.25) is 0 Å². The van der Waals surface area contributed by atoms with Crippen molar-refractivity contribution < 1.29 is 18.3 Å². The summed E-state index contributed by atoms with van der Waals surface area (Å²) in [4.78, 5) is 0. The minimum Gasteiger partial charge on any atom is -0.396 e. The zero-order valence-electron chi connectivity index (χ0n) is 9.87. The number of nitrogens with two attached hydrogens (primary N) is 1. The summed E-state index contributed by atoms with van der Waals surface area (Å²) in [7, 11) is 0. The van der Waals surface area contributed by atoms with Crippen LogP contribution in [0.25, 0.3) is 0 Å². The van der Waals surface area contributed by atoms with Gasteiger partial charge < -0.3 is 16.2 Å². The van der Waals surface area contributed by atoms with Gasteiger partial charge in [-0.3, -0.25) is 0 Å². The van der Waals surface area contributed by atoms with E-state index >= 15 is 0 Å². The molecule has 1 aromatic carbocycles. The minimum atomic E-state index is -4.35. The van der Waals surface area contributed by atoms with Crippen LogP contribution < -0.4 is 11.1 Å². The number of benzene rings is 1. The van der Waals surface area contributed by atoms with Crippen molar-refractivity contribution in [3.8, 4) is 0 Å². The number of nitrogens with one attached hydrogen (secondary N) is 1. The first-order valence-electron chi connectivity index (χ1n) is 5.70. The number of aliphatic hydroxyl groups excluding tert-OH is 1. The van der Waals surface area contributed by atoms with Crippen LogP contribution in [0.3, 0.4) is 0 Å². The highest BCUT2D eigenvalue weighted by atomic mass is 19.4. The Morgan fingerprint density at radius 1 is 1.33 bits per heavy atom. The van der Waals surface area contributed by atoms with Crippen LogP contribution in [0.5, 0.6) is 0 Å². The molecule has 0 aliphatic rings. The second kappa shape index (κ2) is 6.72. The summed E-state index contributed by atoms with van der Waals surface area (Å²) < 4.78 is 37.7. The molecular weight excluding hydrogens is 245 g/mol. The van der Waals surface area contributed by atoms with Gasteiger partial charge in [-0.05, 0) is 30.7 Å². The Labute approximate surface area is 104 Å². The highest BCUT2D eigenvalue weighted by Gasteiger charge is 2.30. The molecule has 0 saturated heterocycles. The lowest BCUT2D eigenvalue weighted by molar-refractivity contribution is -0.137. The molecule has 0 spiro atoms. The average molecular weight is 262 g/mol. The molecule has 18 heavy (non-hydrogen) atoms. The van der Waals surface area contributed by atoms with Crippen molar-refractivity contribution in [2.45, 2.75) is 18.6 Å². The Kier molecular flexibility index (Phi) is 5.58. The van der Waals surface area contributed by atoms with Gasteiger partial charge in [0.05, 0.1) is 5.56 Å². The van der Waals surface area contributed by atoms with Gasteiger partial charge in [-0.1, -0.05) is 12.1 Å². The van der Waals surface area contributed by atoms with Crippen molar-refractivity contribution in [1.82, 2.24) is 5.32 Å². The van der Waals surface area contributed by atoms with E-state index in [1.54, 1.807) is 6.07 Å². The van der Waals surface area contributed by atoms with Crippen molar-refractivity contribution in [1.29, 1.82) is 0 Å². The van der Waals surface area contributed by atoms with Gasteiger partial charge in [-0.15, -0.1) is 0 Å². The molecule has 0 heterocycles. The lowest BCUT2D eigenvalue weighted by atomic mass is 10.0. The van der Waals surface area contributed by atoms with Gasteiger partial charge >= 0.3 is 6.18 Å². The summed E-state index contributed by atoms with van der Waals surface area (Å²) in [5.74, 6) is 0. The van der Waals surface area contributed by atoms with E-state index in [1.165, 1.54) is 6.07 Å². The molecule has 0 bridgehead atoms. The Morgan fingerprint density at radius 2 is 2.06 bits per heavy atom. The number of hydrogen-bond acceptors (Lipinski definition) is 3. The van der Waals surface area contributed by atoms with Crippen molar-refractivity contribution in [2.75, 3.05) is 19.7 Å². The van der Waals surface area contributed by atoms with E-state index in [0.29, 0.717) is 18.5 Å². The fourth-order valence-corrected chi connectivity index (χ4v) is 1.62. The van der Waals surface area contributed by atoms with Crippen LogP contribution in [0.15, 0.2) is 24.3 Å². The Bertz CT molecular complexity index is 369. The molecule has 6 heteroatoms. The molecule has 1 atom stereocenters. The van der Waals surface area contributed by atoms with Gasteiger partial charge in [0, 0.05) is 19.2 Å². The number of hydrogen-bond donors (Lipinski definition) is 3. The number of aliphatic hydroxyl groups is 1. The van der Waals surface area contributed by atoms with E-state index in [9.17, 15) is 13.2 Å². The fraction of sp³-hybridized carbons (Fsp3) is 0.500. The third kappa shape index (κ3) is 4.29. The van der Waals surface area contributed by atoms with Crippen LogP contribution in [-0.4, -0.2) is 24.8 Å². The molecular formula is C12H17F3N2O. The molecule has 3 nitrogen and oxygen atoms in total. The van der Waals surface area contributed by atoms with Crippen molar-refractivity contribution in [3.63, 3.8) is 0 Å². The van der Waals surface area contributed by atoms with Crippen molar-refractivity contribution >= 4 is 0 Å². The summed E-state index contributed by atoms with van der Waals surface area (Å²) in [6, 6.07) is 4.78. The fourth-order valence-electron chi connectivity index (χ4n) is 1.62. The molecule has 1 aromatic rings. The second-order valence-electron chi connectivity index (χ2n) is 3.94. The van der Waals surface area contributed by atoms with E-state index < -0.39 is 11.7 Å². The number of rotatable bonds is 6. The highest BCUT2D eigenvalue weighted by molar-refractivity contribution is 5.28. The first kappa shape index (κ1) is 14.9. The van der Waals surface area contributed by atoms with Crippen molar-refractivity contribution in [2.24, 2.45) is 5.73 Å². The molecule has 0 saturated carbocycles. The van der Waals surface area contributed by atoms with E-state index in [2.05, 4.69) is 5.32 Å². The third-order valence-corrected chi connectivity index (χ3v) is 2.58. The SMILES string of the molecule is NCC(NCCCO)c1cccc(C(F)(F)F)c1. The van der Waals surface area contributed by atoms with Gasteiger partial charge in [0.15, 0.2) is 0 Å². The van der Waals surface area contributed by atoms with Crippen LogP contribution in [0, 0.1) is 0 Å². The van der Waals surface area contributed by atoms with Gasteiger partial charge in [-0.25, -0.2) is 0 Å². The summed E-state index contributed by atoms with van der Waals surface area (Å²) in [6.45, 7) is 0.744. The molecule has 102 valence electrons. The average Bonchev–Trinajstić information content (AvgIpc) is 2.34. The smallest absolute Gasteiger partial charge is 0.396 e. The summed E-state index contributed by atoms with van der Waals surface area (Å²) in [5.41, 5.74) is 5.37. The van der Waals surface area contributed by atoms with Crippen molar-refractivity contribution in [3.05, 3.63) is 35.4 Å². The maximum absolute atomic E-state index is 12.6. The lowest BCUT2D eigenvalue weighted by Gasteiger charge is -2.18. The van der Waals surface area contributed by atoms with Gasteiger partial charge in [0.25, 0.3) is 0 Å². The predicted octanol–water partition coefficient (Wildman–Crippen LogP) is 1.68. The molecule has 0 amide bonds. The highest BCUT2D eigenvalue weighted by Crippen LogP contribution is 2.30. The molecule has 0 aromatic heterocycles. The topological polar surface area (TPSA) is 58.3 Å². The van der Waals surface area contributed by atoms with Gasteiger partial charge in [0.1, 0.15) is 0 Å². The van der Waals surface area contributed by atoms with Gasteiger partial charge in [-0.2, -0.15) is 13.2 Å². The monoisotopic (exact) mass is 262 g/mol. The first-order chi connectivity index (χ1) is 8.49. The third-order valence-electron chi connectivity index (χ3n) is 2.58. The Morgan fingerprint density at radius 3 is 2.61 bits per heavy atom. The van der Waals surface area contributed by atoms with E-state index in [1.807, 2.05) is 0 Å². The second-order valence-corrected chi connectivity index (χ2v) is 3.94. The van der Waals surface area contributed by atoms with Crippen LogP contribution >= 0.6 is 0 Å². The molecule has 0 aliphatic carbocycles. The minimum absolute atomic E-state index is 0.0346. The Hall–Kier alpha value is -1.11. The lowest BCUT2D eigenvalue weighted by Crippen LogP contribution is -2.29. The molecule has 0 aliphatic heterocycles. The van der Waals surface area contributed by atoms with E-state index in [4.69, 9.17) is 10.8 Å². The standard InChI is InChI=1S/C12H17F3N2O/c13-12(14,15)10-4-1-3-9(7-10)11(8-16)17-5-2-6-18/h1,3-4,7,11,17-18H,2,5-6,8,16H2. The maximum atomic E-state index is 12.6. The predicted molar refractivity (Wildman–Crippen MR) is 62.9 cm³/mol. The molecule has 1 unspecified atom stereocenters. The molecule has 1 rings (SSSR count). The van der Waals surface area contributed by atoms with Crippen LogP contribution in [-0.2, 0) is 6.18 Å². The Balaban J connectivity index is 2.79.